The van der Waals surface area contributed by atoms with Gasteiger partial charge in [0.25, 0.3) is 0 Å². The quantitative estimate of drug-likeness (QED) is 0.726. The fraction of sp³-hybridized carbons (Fsp3) is 0.300. The summed E-state index contributed by atoms with van der Waals surface area (Å²) in [5.74, 6) is 0.0333. The fourth-order valence-electron chi connectivity index (χ4n) is 1.23. The molecule has 0 aliphatic carbocycles. The molecule has 0 heterocycles. The van der Waals surface area contributed by atoms with Crippen molar-refractivity contribution in [1.29, 1.82) is 5.26 Å². The largest absolute Gasteiger partial charge is 0.504 e. The van der Waals surface area contributed by atoms with E-state index in [0.29, 0.717) is 11.1 Å². The highest BCUT2D eigenvalue weighted by Gasteiger charge is 2.15. The third-order valence-electron chi connectivity index (χ3n) is 2.05. The summed E-state index contributed by atoms with van der Waals surface area (Å²) in [6.45, 7) is -0.314. The Labute approximate surface area is 99.5 Å². The van der Waals surface area contributed by atoms with E-state index in [1.54, 1.807) is 0 Å². The molecule has 16 heavy (non-hydrogen) atoms. The van der Waals surface area contributed by atoms with Gasteiger partial charge in [0.1, 0.15) is 0 Å². The molecular formula is C10H13ClN2O3. The molecule has 0 bridgehead atoms. The average Bonchev–Trinajstić information content (AvgIpc) is 2.28. The fourth-order valence-corrected chi connectivity index (χ4v) is 1.23. The second-order valence-corrected chi connectivity index (χ2v) is 3.02. The number of rotatable bonds is 3. The number of methoxy groups -OCH3 is 1. The molecule has 5 nitrogen and oxygen atoms in total. The van der Waals surface area contributed by atoms with Gasteiger partial charge in [0, 0.05) is 11.6 Å². The minimum Gasteiger partial charge on any atom is -0.504 e. The SMILES string of the molecule is COc1cc(C#N)cc([C@@H](N)CO)c1O.Cl. The van der Waals surface area contributed by atoms with Gasteiger partial charge in [-0.2, -0.15) is 5.26 Å². The number of aromatic hydroxyl groups is 1. The molecule has 1 rings (SSSR count). The molecule has 0 saturated heterocycles. The smallest absolute Gasteiger partial charge is 0.162 e. The number of phenolic OH excluding ortho intramolecular Hbond substituents is 1. The lowest BCUT2D eigenvalue weighted by Crippen LogP contribution is -2.15. The zero-order valence-corrected chi connectivity index (χ0v) is 9.49. The van der Waals surface area contributed by atoms with E-state index in [1.165, 1.54) is 19.2 Å². The van der Waals surface area contributed by atoms with Crippen molar-refractivity contribution in [2.24, 2.45) is 5.73 Å². The van der Waals surface area contributed by atoms with Crippen molar-refractivity contribution in [1.82, 2.24) is 0 Å². The predicted octanol–water partition coefficient (Wildman–Crippen LogP) is 0.686. The molecule has 0 aromatic heterocycles. The van der Waals surface area contributed by atoms with Crippen molar-refractivity contribution in [2.75, 3.05) is 13.7 Å². The van der Waals surface area contributed by atoms with Crippen LogP contribution in [0.4, 0.5) is 0 Å². The third kappa shape index (κ3) is 2.76. The number of phenols is 1. The Morgan fingerprint density at radius 3 is 2.62 bits per heavy atom. The Bertz CT molecular complexity index is 404. The van der Waals surface area contributed by atoms with Crippen LogP contribution in [-0.4, -0.2) is 23.9 Å². The average molecular weight is 245 g/mol. The predicted molar refractivity (Wildman–Crippen MR) is 60.6 cm³/mol. The molecule has 88 valence electrons. The molecule has 1 atom stereocenters. The summed E-state index contributed by atoms with van der Waals surface area (Å²) in [4.78, 5) is 0. The van der Waals surface area contributed by atoms with Crippen LogP contribution in [0.15, 0.2) is 12.1 Å². The number of nitrogens with zero attached hydrogens (tertiary/aromatic N) is 1. The maximum absolute atomic E-state index is 9.68. The van der Waals surface area contributed by atoms with Gasteiger partial charge >= 0.3 is 0 Å². The number of halogens is 1. The molecule has 0 fully saturated rings. The van der Waals surface area contributed by atoms with Gasteiger partial charge in [-0.05, 0) is 6.07 Å². The Morgan fingerprint density at radius 2 is 2.19 bits per heavy atom. The summed E-state index contributed by atoms with van der Waals surface area (Å²) in [5.41, 5.74) is 6.19. The van der Waals surface area contributed by atoms with E-state index < -0.39 is 6.04 Å². The van der Waals surface area contributed by atoms with Crippen LogP contribution in [0, 0.1) is 11.3 Å². The van der Waals surface area contributed by atoms with Crippen LogP contribution in [-0.2, 0) is 0 Å². The van der Waals surface area contributed by atoms with E-state index in [2.05, 4.69) is 0 Å². The highest BCUT2D eigenvalue weighted by atomic mass is 35.5. The van der Waals surface area contributed by atoms with Gasteiger partial charge in [0.2, 0.25) is 0 Å². The lowest BCUT2D eigenvalue weighted by Gasteiger charge is -2.13. The van der Waals surface area contributed by atoms with E-state index in [9.17, 15) is 5.11 Å². The molecule has 0 radical (unpaired) electrons. The Kier molecular flexibility index (Phi) is 5.61. The number of hydrogen-bond donors (Lipinski definition) is 3. The molecule has 1 aromatic carbocycles. The summed E-state index contributed by atoms with van der Waals surface area (Å²) in [7, 11) is 1.38. The maximum atomic E-state index is 9.68. The van der Waals surface area contributed by atoms with Crippen LogP contribution >= 0.6 is 12.4 Å². The van der Waals surface area contributed by atoms with Gasteiger partial charge in [0.15, 0.2) is 11.5 Å². The van der Waals surface area contributed by atoms with Crippen LogP contribution in [0.5, 0.6) is 11.5 Å². The summed E-state index contributed by atoms with van der Waals surface area (Å²) >= 11 is 0. The first-order chi connectivity index (χ1) is 7.13. The zero-order valence-electron chi connectivity index (χ0n) is 8.67. The molecule has 0 aliphatic rings. The van der Waals surface area contributed by atoms with Crippen molar-refractivity contribution in [3.8, 4) is 17.6 Å². The number of ether oxygens (including phenoxy) is 1. The number of aliphatic hydroxyl groups is 1. The molecular weight excluding hydrogens is 232 g/mol. The van der Waals surface area contributed by atoms with Gasteiger partial charge in [-0.1, -0.05) is 0 Å². The van der Waals surface area contributed by atoms with E-state index in [1.807, 2.05) is 6.07 Å². The number of nitriles is 1. The monoisotopic (exact) mass is 244 g/mol. The number of aliphatic hydroxyl groups excluding tert-OH is 1. The summed E-state index contributed by atoms with van der Waals surface area (Å²) in [5, 5.41) is 27.3. The van der Waals surface area contributed by atoms with Crippen LogP contribution in [0.1, 0.15) is 17.2 Å². The van der Waals surface area contributed by atoms with Crippen LogP contribution in [0.25, 0.3) is 0 Å². The van der Waals surface area contributed by atoms with Crippen LogP contribution in [0.3, 0.4) is 0 Å². The van der Waals surface area contributed by atoms with Crippen LogP contribution in [0.2, 0.25) is 0 Å². The van der Waals surface area contributed by atoms with Gasteiger partial charge in [-0.25, -0.2) is 0 Å². The summed E-state index contributed by atoms with van der Waals surface area (Å²) in [6, 6.07) is 4.03. The summed E-state index contributed by atoms with van der Waals surface area (Å²) in [6.07, 6.45) is 0. The third-order valence-corrected chi connectivity index (χ3v) is 2.05. The number of nitrogens with two attached hydrogens (primary N) is 1. The van der Waals surface area contributed by atoms with Crippen molar-refractivity contribution < 1.29 is 14.9 Å². The first kappa shape index (κ1) is 14.5. The van der Waals surface area contributed by atoms with E-state index in [-0.39, 0.29) is 30.5 Å². The lowest BCUT2D eigenvalue weighted by molar-refractivity contribution is 0.264. The van der Waals surface area contributed by atoms with E-state index in [4.69, 9.17) is 20.8 Å². The Hall–Kier alpha value is -1.48. The van der Waals surface area contributed by atoms with Crippen molar-refractivity contribution >= 4 is 12.4 Å². The molecule has 0 unspecified atom stereocenters. The molecule has 1 aromatic rings. The van der Waals surface area contributed by atoms with Crippen molar-refractivity contribution in [2.45, 2.75) is 6.04 Å². The first-order valence-electron chi connectivity index (χ1n) is 4.31. The second-order valence-electron chi connectivity index (χ2n) is 3.02. The van der Waals surface area contributed by atoms with Crippen molar-refractivity contribution in [3.05, 3.63) is 23.3 Å². The topological polar surface area (TPSA) is 99.5 Å². The molecule has 4 N–H and O–H groups in total. The van der Waals surface area contributed by atoms with Gasteiger partial charge in [-0.3, -0.25) is 0 Å². The Balaban J connectivity index is 0.00000225. The minimum absolute atomic E-state index is 0. The summed E-state index contributed by atoms with van der Waals surface area (Å²) < 4.78 is 4.88. The second kappa shape index (κ2) is 6.18. The standard InChI is InChI=1S/C10H12N2O3.ClH/c1-15-9-3-6(4-11)2-7(10(9)14)8(12)5-13;/h2-3,8,13-14H,5,12H2,1H3;1H/t8-;/m0./s1. The zero-order chi connectivity index (χ0) is 11.4. The van der Waals surface area contributed by atoms with Gasteiger partial charge in [0.05, 0.1) is 31.4 Å². The van der Waals surface area contributed by atoms with Crippen molar-refractivity contribution in [3.63, 3.8) is 0 Å². The molecule has 0 saturated carbocycles. The Morgan fingerprint density at radius 1 is 1.56 bits per heavy atom. The van der Waals surface area contributed by atoms with E-state index in [0.717, 1.165) is 0 Å². The minimum atomic E-state index is -0.729. The molecule has 6 heteroatoms. The maximum Gasteiger partial charge on any atom is 0.162 e. The highest BCUT2D eigenvalue weighted by molar-refractivity contribution is 5.85. The first-order valence-corrected chi connectivity index (χ1v) is 4.31. The van der Waals surface area contributed by atoms with Crippen LogP contribution < -0.4 is 10.5 Å². The van der Waals surface area contributed by atoms with E-state index >= 15 is 0 Å². The van der Waals surface area contributed by atoms with Gasteiger partial charge < -0.3 is 20.7 Å². The molecule has 0 amide bonds. The number of hydrogen-bond acceptors (Lipinski definition) is 5. The number of benzene rings is 1. The molecule has 0 aliphatic heterocycles. The normalized spacial score (nSPS) is 11.1. The van der Waals surface area contributed by atoms with Gasteiger partial charge in [-0.15, -0.1) is 12.4 Å². The highest BCUT2D eigenvalue weighted by Crippen LogP contribution is 2.34. The molecule has 0 spiro atoms. The lowest BCUT2D eigenvalue weighted by atomic mass is 10.0.